The van der Waals surface area contributed by atoms with E-state index >= 15 is 0 Å². The average Bonchev–Trinajstić information content (AvgIpc) is 2.93. The highest BCUT2D eigenvalue weighted by Crippen LogP contribution is 2.34. The van der Waals surface area contributed by atoms with Gasteiger partial charge in [-0.1, -0.05) is 19.8 Å². The summed E-state index contributed by atoms with van der Waals surface area (Å²) >= 11 is 1.95. The predicted molar refractivity (Wildman–Crippen MR) is 75.5 cm³/mol. The lowest BCUT2D eigenvalue weighted by molar-refractivity contribution is 0.634. The first-order chi connectivity index (χ1) is 8.24. The fourth-order valence-corrected chi connectivity index (χ4v) is 3.26. The molecular weight excluding hydrogens is 230 g/mol. The van der Waals surface area contributed by atoms with Crippen molar-refractivity contribution in [2.24, 2.45) is 7.05 Å². The Kier molecular flexibility index (Phi) is 4.37. The molecule has 17 heavy (non-hydrogen) atoms. The van der Waals surface area contributed by atoms with Crippen LogP contribution in [-0.2, 0) is 13.5 Å². The van der Waals surface area contributed by atoms with E-state index in [0.29, 0.717) is 5.92 Å². The van der Waals surface area contributed by atoms with Gasteiger partial charge in [0, 0.05) is 19.4 Å². The molecule has 1 aromatic heterocycles. The molecule has 2 rings (SSSR count). The zero-order chi connectivity index (χ0) is 12.3. The van der Waals surface area contributed by atoms with Crippen molar-refractivity contribution >= 4 is 17.6 Å². The largest absolute Gasteiger partial charge is 0.384 e. The first-order valence-electron chi connectivity index (χ1n) is 6.62. The van der Waals surface area contributed by atoms with E-state index in [9.17, 15) is 0 Å². The number of nitrogens with two attached hydrogens (primary N) is 1. The Hall–Kier alpha value is -0.640. The summed E-state index contributed by atoms with van der Waals surface area (Å²) < 4.78 is 2.11. The van der Waals surface area contributed by atoms with Gasteiger partial charge in [0.2, 0.25) is 0 Å². The second-order valence-corrected chi connectivity index (χ2v) is 6.18. The number of rotatable bonds is 5. The van der Waals surface area contributed by atoms with Gasteiger partial charge >= 0.3 is 0 Å². The van der Waals surface area contributed by atoms with Crippen LogP contribution in [0, 0.1) is 0 Å². The molecule has 0 saturated heterocycles. The van der Waals surface area contributed by atoms with E-state index in [4.69, 9.17) is 10.7 Å². The summed E-state index contributed by atoms with van der Waals surface area (Å²) in [5, 5.41) is 0. The van der Waals surface area contributed by atoms with Crippen molar-refractivity contribution in [2.45, 2.75) is 44.9 Å². The third-order valence-corrected chi connectivity index (χ3v) is 4.56. The quantitative estimate of drug-likeness (QED) is 0.821. The highest BCUT2D eigenvalue weighted by Gasteiger charge is 2.23. The van der Waals surface area contributed by atoms with E-state index in [2.05, 4.69) is 18.5 Å². The number of anilines is 1. The molecule has 1 aromatic rings. The SMILES string of the molecule is CCSCCc1nc(C2CCCC2)n(C)c1N. The normalized spacial score (nSPS) is 16.8. The predicted octanol–water partition coefficient (Wildman–Crippen LogP) is 2.96. The number of hydrogen-bond donors (Lipinski definition) is 1. The summed E-state index contributed by atoms with van der Waals surface area (Å²) in [7, 11) is 2.06. The van der Waals surface area contributed by atoms with Crippen molar-refractivity contribution in [2.75, 3.05) is 17.2 Å². The molecule has 0 unspecified atom stereocenters. The van der Waals surface area contributed by atoms with Crippen molar-refractivity contribution in [1.82, 2.24) is 9.55 Å². The third kappa shape index (κ3) is 2.79. The number of nitrogen functional groups attached to an aromatic ring is 1. The van der Waals surface area contributed by atoms with Gasteiger partial charge in [0.05, 0.1) is 5.69 Å². The molecule has 0 aliphatic heterocycles. The van der Waals surface area contributed by atoms with Crippen LogP contribution in [-0.4, -0.2) is 21.1 Å². The second kappa shape index (κ2) is 5.80. The monoisotopic (exact) mass is 253 g/mol. The number of nitrogens with zero attached hydrogens (tertiary/aromatic N) is 2. The van der Waals surface area contributed by atoms with Gasteiger partial charge in [0.1, 0.15) is 11.6 Å². The van der Waals surface area contributed by atoms with E-state index in [1.165, 1.54) is 37.3 Å². The Labute approximate surface area is 108 Å². The average molecular weight is 253 g/mol. The van der Waals surface area contributed by atoms with Crippen molar-refractivity contribution in [1.29, 1.82) is 0 Å². The maximum Gasteiger partial charge on any atom is 0.126 e. The number of hydrogen-bond acceptors (Lipinski definition) is 3. The van der Waals surface area contributed by atoms with Crippen molar-refractivity contribution in [3.05, 3.63) is 11.5 Å². The maximum absolute atomic E-state index is 6.14. The van der Waals surface area contributed by atoms with Crippen LogP contribution >= 0.6 is 11.8 Å². The van der Waals surface area contributed by atoms with Crippen LogP contribution in [0.3, 0.4) is 0 Å². The van der Waals surface area contributed by atoms with Gasteiger partial charge in [-0.3, -0.25) is 0 Å². The van der Waals surface area contributed by atoms with Crippen LogP contribution in [0.2, 0.25) is 0 Å². The van der Waals surface area contributed by atoms with Gasteiger partial charge in [-0.25, -0.2) is 4.98 Å². The minimum absolute atomic E-state index is 0.648. The molecule has 1 heterocycles. The standard InChI is InChI=1S/C13H23N3S/c1-3-17-9-8-11-12(14)16(2)13(15-11)10-6-4-5-7-10/h10H,3-9,14H2,1-2H3. The Morgan fingerprint density at radius 3 is 2.76 bits per heavy atom. The fraction of sp³-hybridized carbons (Fsp3) is 0.769. The van der Waals surface area contributed by atoms with E-state index in [1.54, 1.807) is 0 Å². The van der Waals surface area contributed by atoms with E-state index in [-0.39, 0.29) is 0 Å². The Balaban J connectivity index is 2.09. The molecule has 0 radical (unpaired) electrons. The lowest BCUT2D eigenvalue weighted by atomic mass is 10.1. The van der Waals surface area contributed by atoms with E-state index < -0.39 is 0 Å². The van der Waals surface area contributed by atoms with Crippen molar-refractivity contribution in [3.63, 3.8) is 0 Å². The van der Waals surface area contributed by atoms with Crippen LogP contribution in [0.4, 0.5) is 5.82 Å². The minimum Gasteiger partial charge on any atom is -0.384 e. The summed E-state index contributed by atoms with van der Waals surface area (Å²) in [6.45, 7) is 2.19. The van der Waals surface area contributed by atoms with Crippen molar-refractivity contribution in [3.8, 4) is 0 Å². The summed E-state index contributed by atoms with van der Waals surface area (Å²) in [6.07, 6.45) is 6.27. The molecule has 0 bridgehead atoms. The first-order valence-corrected chi connectivity index (χ1v) is 7.78. The molecule has 0 spiro atoms. The number of thioether (sulfide) groups is 1. The summed E-state index contributed by atoms with van der Waals surface area (Å²) in [6, 6.07) is 0. The highest BCUT2D eigenvalue weighted by molar-refractivity contribution is 7.99. The van der Waals surface area contributed by atoms with Gasteiger partial charge in [-0.2, -0.15) is 11.8 Å². The van der Waals surface area contributed by atoms with Gasteiger partial charge in [-0.05, 0) is 24.3 Å². The fourth-order valence-electron chi connectivity index (χ4n) is 2.63. The molecule has 1 fully saturated rings. The topological polar surface area (TPSA) is 43.8 Å². The first kappa shape index (κ1) is 12.8. The van der Waals surface area contributed by atoms with Crippen LogP contribution in [0.1, 0.15) is 50.0 Å². The molecule has 0 aromatic carbocycles. The van der Waals surface area contributed by atoms with Crippen LogP contribution in [0.15, 0.2) is 0 Å². The number of aryl methyl sites for hydroxylation is 1. The summed E-state index contributed by atoms with van der Waals surface area (Å²) in [5.74, 6) is 5.04. The molecule has 0 amide bonds. The van der Waals surface area contributed by atoms with Crippen LogP contribution in [0.25, 0.3) is 0 Å². The van der Waals surface area contributed by atoms with Crippen LogP contribution < -0.4 is 5.73 Å². The molecule has 0 atom stereocenters. The Morgan fingerprint density at radius 2 is 2.12 bits per heavy atom. The maximum atomic E-state index is 6.14. The smallest absolute Gasteiger partial charge is 0.126 e. The molecule has 1 saturated carbocycles. The number of imidazole rings is 1. The van der Waals surface area contributed by atoms with Gasteiger partial charge in [0.15, 0.2) is 0 Å². The van der Waals surface area contributed by atoms with Gasteiger partial charge in [0.25, 0.3) is 0 Å². The molecule has 1 aliphatic rings. The highest BCUT2D eigenvalue weighted by atomic mass is 32.2. The molecule has 4 heteroatoms. The summed E-state index contributed by atoms with van der Waals surface area (Å²) in [5.41, 5.74) is 7.25. The number of aromatic nitrogens is 2. The zero-order valence-corrected chi connectivity index (χ0v) is 11.7. The summed E-state index contributed by atoms with van der Waals surface area (Å²) in [4.78, 5) is 4.79. The molecule has 2 N–H and O–H groups in total. The lowest BCUT2D eigenvalue weighted by Gasteiger charge is -2.08. The minimum atomic E-state index is 0.648. The zero-order valence-electron chi connectivity index (χ0n) is 10.9. The van der Waals surface area contributed by atoms with E-state index in [1.807, 2.05) is 11.8 Å². The Morgan fingerprint density at radius 1 is 1.41 bits per heavy atom. The van der Waals surface area contributed by atoms with Gasteiger partial charge in [-0.15, -0.1) is 0 Å². The Bertz CT molecular complexity index is 367. The van der Waals surface area contributed by atoms with Crippen LogP contribution in [0.5, 0.6) is 0 Å². The second-order valence-electron chi connectivity index (χ2n) is 4.79. The third-order valence-electron chi connectivity index (χ3n) is 3.66. The van der Waals surface area contributed by atoms with Gasteiger partial charge < -0.3 is 10.3 Å². The molecule has 3 nitrogen and oxygen atoms in total. The van der Waals surface area contributed by atoms with Crippen molar-refractivity contribution < 1.29 is 0 Å². The lowest BCUT2D eigenvalue weighted by Crippen LogP contribution is -2.05. The molecular formula is C13H23N3S. The molecule has 1 aliphatic carbocycles. The molecule has 96 valence electrons. The van der Waals surface area contributed by atoms with E-state index in [0.717, 1.165) is 23.7 Å².